The van der Waals surface area contributed by atoms with E-state index in [1.807, 2.05) is 0 Å². The summed E-state index contributed by atoms with van der Waals surface area (Å²) in [7, 11) is 0. The molecule has 1 unspecified atom stereocenters. The van der Waals surface area contributed by atoms with Gasteiger partial charge in [0.15, 0.2) is 5.69 Å². The van der Waals surface area contributed by atoms with E-state index in [0.29, 0.717) is 5.82 Å². The van der Waals surface area contributed by atoms with Crippen molar-refractivity contribution < 1.29 is 27.9 Å². The first-order chi connectivity index (χ1) is 12.7. The smallest absolute Gasteiger partial charge is 0.416 e. The summed E-state index contributed by atoms with van der Waals surface area (Å²) in [5.41, 5.74) is -0.865. The van der Waals surface area contributed by atoms with E-state index in [1.54, 1.807) is 6.07 Å². The summed E-state index contributed by atoms with van der Waals surface area (Å²) in [6.07, 6.45) is -4.40. The average molecular weight is 379 g/mol. The topological polar surface area (TPSA) is 82.5 Å². The predicted molar refractivity (Wildman–Crippen MR) is 90.1 cm³/mol. The molecule has 0 bridgehead atoms. The maximum absolute atomic E-state index is 13.1. The molecular formula is C18H16F3N3O3. The van der Waals surface area contributed by atoms with Gasteiger partial charge in [0.05, 0.1) is 11.6 Å². The van der Waals surface area contributed by atoms with Gasteiger partial charge in [-0.1, -0.05) is 24.3 Å². The Balaban J connectivity index is 1.70. The quantitative estimate of drug-likeness (QED) is 0.835. The number of anilines is 1. The Morgan fingerprint density at radius 3 is 2.67 bits per heavy atom. The Morgan fingerprint density at radius 1 is 1.22 bits per heavy atom. The van der Waals surface area contributed by atoms with Gasteiger partial charge >= 0.3 is 12.1 Å². The minimum Gasteiger partial charge on any atom is -0.477 e. The second kappa shape index (κ2) is 7.26. The van der Waals surface area contributed by atoms with Crippen molar-refractivity contribution in [2.24, 2.45) is 0 Å². The number of carboxylic acid groups (broad SMARTS) is 1. The number of hydrogen-bond donors (Lipinski definition) is 2. The maximum Gasteiger partial charge on any atom is 0.416 e. The van der Waals surface area contributed by atoms with Crippen molar-refractivity contribution in [2.45, 2.75) is 25.2 Å². The summed E-state index contributed by atoms with van der Waals surface area (Å²) in [6.45, 7) is 0.0549. The van der Waals surface area contributed by atoms with Crippen molar-refractivity contribution in [1.82, 2.24) is 9.88 Å². The second-order valence-corrected chi connectivity index (χ2v) is 6.19. The third-order valence-electron chi connectivity index (χ3n) is 4.22. The Morgan fingerprint density at radius 2 is 1.96 bits per heavy atom. The van der Waals surface area contributed by atoms with Crippen LogP contribution >= 0.6 is 0 Å². The standard InChI is InChI=1S/C18H16F3N3O3/c19-18(20,21)13-5-2-1-4-11(13)9-24-10-12(8-16(24)25)22-15-7-3-6-14(23-15)17(26)27/h1-7,12H,8-10H2,(H,22,23)(H,26,27). The van der Waals surface area contributed by atoms with Crippen LogP contribution in [0.25, 0.3) is 0 Å². The van der Waals surface area contributed by atoms with Crippen LogP contribution in [0.4, 0.5) is 19.0 Å². The van der Waals surface area contributed by atoms with E-state index in [0.717, 1.165) is 6.07 Å². The predicted octanol–water partition coefficient (Wildman–Crippen LogP) is 3.01. The first kappa shape index (κ1) is 18.7. The highest BCUT2D eigenvalue weighted by Crippen LogP contribution is 2.33. The number of nitrogens with one attached hydrogen (secondary N) is 1. The lowest BCUT2D eigenvalue weighted by atomic mass is 10.1. The first-order valence-electron chi connectivity index (χ1n) is 8.14. The van der Waals surface area contributed by atoms with Gasteiger partial charge < -0.3 is 15.3 Å². The van der Waals surface area contributed by atoms with E-state index in [1.165, 1.54) is 35.2 Å². The number of halogens is 3. The Hall–Kier alpha value is -3.10. The molecule has 0 saturated carbocycles. The number of rotatable bonds is 5. The van der Waals surface area contributed by atoms with Gasteiger partial charge in [0.1, 0.15) is 5.82 Å². The molecule has 9 heteroatoms. The van der Waals surface area contributed by atoms with E-state index in [9.17, 15) is 22.8 Å². The fourth-order valence-electron chi connectivity index (χ4n) is 3.01. The fraction of sp³-hybridized carbons (Fsp3) is 0.278. The molecule has 2 heterocycles. The lowest BCUT2D eigenvalue weighted by molar-refractivity contribution is -0.139. The van der Waals surface area contributed by atoms with Gasteiger partial charge in [-0.25, -0.2) is 9.78 Å². The van der Waals surface area contributed by atoms with Crippen molar-refractivity contribution in [3.8, 4) is 0 Å². The van der Waals surface area contributed by atoms with Crippen LogP contribution in [0.2, 0.25) is 0 Å². The number of amides is 1. The van der Waals surface area contributed by atoms with Gasteiger partial charge in [0.2, 0.25) is 5.91 Å². The number of carbonyl (C=O) groups excluding carboxylic acids is 1. The molecule has 0 aliphatic carbocycles. The molecule has 0 spiro atoms. The zero-order valence-corrected chi connectivity index (χ0v) is 14.0. The molecule has 0 radical (unpaired) electrons. The summed E-state index contributed by atoms with van der Waals surface area (Å²) < 4.78 is 39.3. The highest BCUT2D eigenvalue weighted by molar-refractivity contribution is 5.85. The number of pyridine rings is 1. The van der Waals surface area contributed by atoms with E-state index in [2.05, 4.69) is 10.3 Å². The van der Waals surface area contributed by atoms with E-state index >= 15 is 0 Å². The van der Waals surface area contributed by atoms with Gasteiger partial charge in [-0.3, -0.25) is 4.79 Å². The maximum atomic E-state index is 13.1. The van der Waals surface area contributed by atoms with Crippen LogP contribution in [-0.4, -0.2) is 39.5 Å². The largest absolute Gasteiger partial charge is 0.477 e. The molecule has 1 atom stereocenters. The number of benzene rings is 1. The van der Waals surface area contributed by atoms with Gasteiger partial charge in [-0.15, -0.1) is 0 Å². The minimum atomic E-state index is -4.49. The number of aromatic carboxylic acids is 1. The normalized spacial score (nSPS) is 17.2. The SMILES string of the molecule is O=C(O)c1cccc(NC2CC(=O)N(Cc3ccccc3C(F)(F)F)C2)n1. The molecule has 142 valence electrons. The molecule has 1 aromatic carbocycles. The summed E-state index contributed by atoms with van der Waals surface area (Å²) >= 11 is 0. The number of aromatic nitrogens is 1. The van der Waals surface area contributed by atoms with Crippen LogP contribution in [0, 0.1) is 0 Å². The first-order valence-corrected chi connectivity index (χ1v) is 8.14. The summed E-state index contributed by atoms with van der Waals surface area (Å²) in [6, 6.07) is 9.22. The highest BCUT2D eigenvalue weighted by atomic mass is 19.4. The molecule has 1 saturated heterocycles. The minimum absolute atomic E-state index is 0.0324. The summed E-state index contributed by atoms with van der Waals surface area (Å²) in [4.78, 5) is 28.4. The molecule has 3 rings (SSSR count). The monoisotopic (exact) mass is 379 g/mol. The van der Waals surface area contributed by atoms with Gasteiger partial charge in [0.25, 0.3) is 0 Å². The summed E-state index contributed by atoms with van der Waals surface area (Å²) in [5, 5.41) is 11.9. The van der Waals surface area contributed by atoms with Crippen molar-refractivity contribution in [1.29, 1.82) is 0 Å². The van der Waals surface area contributed by atoms with Crippen LogP contribution < -0.4 is 5.32 Å². The molecule has 1 fully saturated rings. The summed E-state index contributed by atoms with van der Waals surface area (Å²) in [5.74, 6) is -1.16. The lowest BCUT2D eigenvalue weighted by Crippen LogP contribution is -2.28. The van der Waals surface area contributed by atoms with Crippen molar-refractivity contribution >= 4 is 17.7 Å². The highest BCUT2D eigenvalue weighted by Gasteiger charge is 2.35. The van der Waals surface area contributed by atoms with E-state index < -0.39 is 17.7 Å². The molecule has 1 amide bonds. The Kier molecular flexibility index (Phi) is 5.02. The van der Waals surface area contributed by atoms with Crippen LogP contribution in [0.3, 0.4) is 0 Å². The average Bonchev–Trinajstić information content (AvgIpc) is 2.93. The number of nitrogens with zero attached hydrogens (tertiary/aromatic N) is 2. The zero-order chi connectivity index (χ0) is 19.6. The molecular weight excluding hydrogens is 363 g/mol. The number of likely N-dealkylation sites (tertiary alicyclic amines) is 1. The van der Waals surface area contributed by atoms with Crippen LogP contribution in [-0.2, 0) is 17.5 Å². The Bertz CT molecular complexity index is 870. The third kappa shape index (κ3) is 4.36. The molecule has 27 heavy (non-hydrogen) atoms. The lowest BCUT2D eigenvalue weighted by Gasteiger charge is -2.20. The van der Waals surface area contributed by atoms with Crippen molar-refractivity contribution in [3.05, 3.63) is 59.3 Å². The third-order valence-corrected chi connectivity index (χ3v) is 4.22. The molecule has 2 aromatic rings. The van der Waals surface area contributed by atoms with Gasteiger partial charge in [-0.05, 0) is 23.8 Å². The van der Waals surface area contributed by atoms with Gasteiger partial charge in [-0.2, -0.15) is 13.2 Å². The number of carbonyl (C=O) groups is 2. The fourth-order valence-corrected chi connectivity index (χ4v) is 3.01. The second-order valence-electron chi connectivity index (χ2n) is 6.19. The molecule has 1 aliphatic rings. The number of carboxylic acids is 1. The van der Waals surface area contributed by atoms with Crippen molar-refractivity contribution in [2.75, 3.05) is 11.9 Å². The molecule has 6 nitrogen and oxygen atoms in total. The van der Waals surface area contributed by atoms with Crippen LogP contribution in [0.15, 0.2) is 42.5 Å². The molecule has 1 aliphatic heterocycles. The van der Waals surface area contributed by atoms with E-state index in [4.69, 9.17) is 5.11 Å². The van der Waals surface area contributed by atoms with E-state index in [-0.39, 0.29) is 42.7 Å². The molecule has 2 N–H and O–H groups in total. The van der Waals surface area contributed by atoms with Crippen molar-refractivity contribution in [3.63, 3.8) is 0 Å². The molecule has 1 aromatic heterocycles. The zero-order valence-electron chi connectivity index (χ0n) is 14.0. The number of hydrogen-bond acceptors (Lipinski definition) is 4. The van der Waals surface area contributed by atoms with Crippen LogP contribution in [0.1, 0.15) is 28.0 Å². The van der Waals surface area contributed by atoms with Crippen LogP contribution in [0.5, 0.6) is 0 Å². The Labute approximate surface area is 152 Å². The number of alkyl halides is 3. The van der Waals surface area contributed by atoms with Gasteiger partial charge in [0, 0.05) is 19.5 Å².